The summed E-state index contributed by atoms with van der Waals surface area (Å²) in [6, 6.07) is 7.73. The van der Waals surface area contributed by atoms with Crippen molar-refractivity contribution in [3.8, 4) is 0 Å². The molecule has 0 saturated heterocycles. The first-order valence-corrected chi connectivity index (χ1v) is 5.33. The maximum atomic E-state index is 11.7. The van der Waals surface area contributed by atoms with Crippen LogP contribution in [0.15, 0.2) is 30.3 Å². The van der Waals surface area contributed by atoms with Crippen LogP contribution in [0.5, 0.6) is 0 Å². The Morgan fingerprint density at radius 3 is 2.47 bits per heavy atom. The Kier molecular flexibility index (Phi) is 4.66. The Bertz CT molecular complexity index is 392. The molecule has 0 aromatic heterocycles. The number of nitrogens with two attached hydrogens (primary N) is 1. The molecule has 0 bridgehead atoms. The number of hydrogen-bond donors (Lipinski definition) is 3. The largest absolute Gasteiger partial charge is 0.481 e. The van der Waals surface area contributed by atoms with Crippen molar-refractivity contribution in [2.24, 2.45) is 5.73 Å². The number of benzene rings is 1. The molecule has 4 N–H and O–H groups in total. The molecule has 2 atom stereocenters. The standard InChI is InChI=1S/C12H16N2O3/c1-8(7-10(15)16)14-12(17)11(13)9-5-3-2-4-6-9/h2-6,8,11H,7,13H2,1H3,(H,14,17)(H,15,16). The van der Waals surface area contributed by atoms with Crippen LogP contribution in [-0.4, -0.2) is 23.0 Å². The lowest BCUT2D eigenvalue weighted by Gasteiger charge is -2.16. The van der Waals surface area contributed by atoms with Gasteiger partial charge in [-0.2, -0.15) is 0 Å². The number of rotatable bonds is 5. The number of carbonyl (C=O) groups excluding carboxylic acids is 1. The summed E-state index contributed by atoms with van der Waals surface area (Å²) in [7, 11) is 0. The van der Waals surface area contributed by atoms with Gasteiger partial charge in [0.05, 0.1) is 6.42 Å². The Labute approximate surface area is 99.6 Å². The summed E-state index contributed by atoms with van der Waals surface area (Å²) in [5.41, 5.74) is 6.46. The van der Waals surface area contributed by atoms with Crippen molar-refractivity contribution in [3.63, 3.8) is 0 Å². The molecule has 0 saturated carbocycles. The van der Waals surface area contributed by atoms with Crippen LogP contribution in [0, 0.1) is 0 Å². The molecule has 0 aliphatic heterocycles. The predicted molar refractivity (Wildman–Crippen MR) is 63.2 cm³/mol. The van der Waals surface area contributed by atoms with E-state index in [4.69, 9.17) is 10.8 Å². The topological polar surface area (TPSA) is 92.4 Å². The van der Waals surface area contributed by atoms with E-state index in [2.05, 4.69) is 5.32 Å². The van der Waals surface area contributed by atoms with Gasteiger partial charge in [-0.1, -0.05) is 30.3 Å². The fourth-order valence-electron chi connectivity index (χ4n) is 1.46. The van der Waals surface area contributed by atoms with Gasteiger partial charge in [0.2, 0.25) is 5.91 Å². The molecular formula is C12H16N2O3. The van der Waals surface area contributed by atoms with Gasteiger partial charge in [0.25, 0.3) is 0 Å². The average molecular weight is 236 g/mol. The predicted octanol–water partition coefficient (Wildman–Crippen LogP) is 0.666. The Hall–Kier alpha value is -1.88. The van der Waals surface area contributed by atoms with Crippen molar-refractivity contribution in [1.82, 2.24) is 5.32 Å². The van der Waals surface area contributed by atoms with Crippen LogP contribution in [0.2, 0.25) is 0 Å². The van der Waals surface area contributed by atoms with Gasteiger partial charge in [-0.25, -0.2) is 0 Å². The van der Waals surface area contributed by atoms with Gasteiger partial charge in [-0.05, 0) is 12.5 Å². The van der Waals surface area contributed by atoms with Gasteiger partial charge < -0.3 is 16.2 Å². The van der Waals surface area contributed by atoms with Crippen LogP contribution >= 0.6 is 0 Å². The number of nitrogens with one attached hydrogen (secondary N) is 1. The number of carboxylic acids is 1. The van der Waals surface area contributed by atoms with Gasteiger partial charge in [-0.3, -0.25) is 9.59 Å². The second kappa shape index (κ2) is 6.00. The number of carbonyl (C=O) groups is 2. The first-order valence-electron chi connectivity index (χ1n) is 5.33. The van der Waals surface area contributed by atoms with Gasteiger partial charge in [0.1, 0.15) is 6.04 Å². The van der Waals surface area contributed by atoms with E-state index in [-0.39, 0.29) is 12.3 Å². The molecule has 0 aliphatic carbocycles. The molecule has 2 unspecified atom stereocenters. The van der Waals surface area contributed by atoms with E-state index < -0.39 is 18.1 Å². The minimum Gasteiger partial charge on any atom is -0.481 e. The van der Waals surface area contributed by atoms with E-state index in [1.807, 2.05) is 6.07 Å². The van der Waals surface area contributed by atoms with Crippen LogP contribution in [0.4, 0.5) is 0 Å². The van der Waals surface area contributed by atoms with Crippen LogP contribution in [0.1, 0.15) is 24.9 Å². The number of amides is 1. The summed E-state index contributed by atoms with van der Waals surface area (Å²) >= 11 is 0. The number of hydrogen-bond acceptors (Lipinski definition) is 3. The second-order valence-corrected chi connectivity index (χ2v) is 3.90. The molecule has 0 heterocycles. The lowest BCUT2D eigenvalue weighted by molar-refractivity contribution is -0.137. The van der Waals surface area contributed by atoms with Crippen molar-refractivity contribution in [1.29, 1.82) is 0 Å². The van der Waals surface area contributed by atoms with Crippen LogP contribution in [0.25, 0.3) is 0 Å². The quantitative estimate of drug-likeness (QED) is 0.700. The Balaban J connectivity index is 2.56. The normalized spacial score (nSPS) is 13.8. The fourth-order valence-corrected chi connectivity index (χ4v) is 1.46. The minimum absolute atomic E-state index is 0.118. The van der Waals surface area contributed by atoms with Gasteiger partial charge in [0, 0.05) is 6.04 Å². The van der Waals surface area contributed by atoms with Crippen LogP contribution < -0.4 is 11.1 Å². The third kappa shape index (κ3) is 4.24. The smallest absolute Gasteiger partial charge is 0.305 e. The first kappa shape index (κ1) is 13.2. The highest BCUT2D eigenvalue weighted by molar-refractivity contribution is 5.83. The highest BCUT2D eigenvalue weighted by atomic mass is 16.4. The van der Waals surface area contributed by atoms with E-state index >= 15 is 0 Å². The van der Waals surface area contributed by atoms with Crippen molar-refractivity contribution in [2.45, 2.75) is 25.4 Å². The van der Waals surface area contributed by atoms with E-state index in [9.17, 15) is 9.59 Å². The summed E-state index contributed by atoms with van der Waals surface area (Å²) in [5, 5.41) is 11.1. The SMILES string of the molecule is CC(CC(=O)O)NC(=O)C(N)c1ccccc1. The molecule has 17 heavy (non-hydrogen) atoms. The summed E-state index contributed by atoms with van der Waals surface area (Å²) < 4.78 is 0. The Morgan fingerprint density at radius 2 is 1.94 bits per heavy atom. The Morgan fingerprint density at radius 1 is 1.35 bits per heavy atom. The molecule has 1 rings (SSSR count). The van der Waals surface area contributed by atoms with Crippen molar-refractivity contribution in [2.75, 3.05) is 0 Å². The summed E-state index contributed by atoms with van der Waals surface area (Å²) in [6.45, 7) is 1.63. The third-order valence-corrected chi connectivity index (χ3v) is 2.31. The van der Waals surface area contributed by atoms with Gasteiger partial charge in [-0.15, -0.1) is 0 Å². The maximum Gasteiger partial charge on any atom is 0.305 e. The van der Waals surface area contributed by atoms with Crippen molar-refractivity contribution in [3.05, 3.63) is 35.9 Å². The zero-order chi connectivity index (χ0) is 12.8. The average Bonchev–Trinajstić information content (AvgIpc) is 2.28. The molecule has 5 nitrogen and oxygen atoms in total. The highest BCUT2D eigenvalue weighted by Crippen LogP contribution is 2.09. The highest BCUT2D eigenvalue weighted by Gasteiger charge is 2.18. The fraction of sp³-hybridized carbons (Fsp3) is 0.333. The van der Waals surface area contributed by atoms with Crippen LogP contribution in [0.3, 0.4) is 0 Å². The summed E-state index contributed by atoms with van der Waals surface area (Å²) in [4.78, 5) is 22.2. The van der Waals surface area contributed by atoms with E-state index in [0.29, 0.717) is 5.56 Å². The lowest BCUT2D eigenvalue weighted by atomic mass is 10.1. The molecule has 0 fully saturated rings. The van der Waals surface area contributed by atoms with E-state index in [0.717, 1.165) is 0 Å². The van der Waals surface area contributed by atoms with Gasteiger partial charge in [0.15, 0.2) is 0 Å². The lowest BCUT2D eigenvalue weighted by Crippen LogP contribution is -2.40. The zero-order valence-electron chi connectivity index (χ0n) is 9.59. The molecule has 0 radical (unpaired) electrons. The molecule has 0 aliphatic rings. The molecule has 1 aromatic rings. The van der Waals surface area contributed by atoms with Crippen molar-refractivity contribution >= 4 is 11.9 Å². The molecule has 0 spiro atoms. The van der Waals surface area contributed by atoms with Crippen molar-refractivity contribution < 1.29 is 14.7 Å². The second-order valence-electron chi connectivity index (χ2n) is 3.90. The number of carboxylic acid groups (broad SMARTS) is 1. The van der Waals surface area contributed by atoms with E-state index in [1.165, 1.54) is 0 Å². The molecule has 5 heteroatoms. The number of aliphatic carboxylic acids is 1. The molecule has 92 valence electrons. The molecular weight excluding hydrogens is 220 g/mol. The molecule has 1 amide bonds. The molecule has 1 aromatic carbocycles. The minimum atomic E-state index is -0.953. The maximum absolute atomic E-state index is 11.7. The monoisotopic (exact) mass is 236 g/mol. The van der Waals surface area contributed by atoms with Crippen LogP contribution in [-0.2, 0) is 9.59 Å². The van der Waals surface area contributed by atoms with Gasteiger partial charge >= 0.3 is 5.97 Å². The zero-order valence-corrected chi connectivity index (χ0v) is 9.59. The third-order valence-electron chi connectivity index (χ3n) is 2.31. The van der Waals surface area contributed by atoms with E-state index in [1.54, 1.807) is 31.2 Å². The summed E-state index contributed by atoms with van der Waals surface area (Å²) in [6.07, 6.45) is -0.118. The first-order chi connectivity index (χ1) is 8.00. The summed E-state index contributed by atoms with van der Waals surface area (Å²) in [5.74, 6) is -1.32.